The Balaban J connectivity index is 4.32. The van der Waals surface area contributed by atoms with E-state index in [-0.39, 0.29) is 6.42 Å². The summed E-state index contributed by atoms with van der Waals surface area (Å²) >= 11 is 0. The standard InChI is InChI=1S/C13H24O7/c1-2-3-4-5-6-7-13(19,9-15)12(18)20-11(17)10(16)8-14/h10,14-16,19H,2-9H2,1H3. The number of carbonyl (C=O) groups excluding carboxylic acids is 2. The van der Waals surface area contributed by atoms with Crippen molar-refractivity contribution in [3.8, 4) is 0 Å². The molecule has 4 N–H and O–H groups in total. The number of carbonyl (C=O) groups is 2. The van der Waals surface area contributed by atoms with Crippen molar-refractivity contribution in [3.05, 3.63) is 0 Å². The van der Waals surface area contributed by atoms with E-state index in [1.165, 1.54) is 0 Å². The molecule has 0 bridgehead atoms. The summed E-state index contributed by atoms with van der Waals surface area (Å²) in [4.78, 5) is 22.7. The number of unbranched alkanes of at least 4 members (excludes halogenated alkanes) is 4. The molecular formula is C13H24O7. The number of aliphatic hydroxyl groups is 4. The highest BCUT2D eigenvalue weighted by molar-refractivity contribution is 5.92. The third kappa shape index (κ3) is 6.42. The zero-order valence-electron chi connectivity index (χ0n) is 11.7. The van der Waals surface area contributed by atoms with Gasteiger partial charge >= 0.3 is 11.9 Å². The van der Waals surface area contributed by atoms with Crippen molar-refractivity contribution in [3.63, 3.8) is 0 Å². The summed E-state index contributed by atoms with van der Waals surface area (Å²) in [5.41, 5.74) is -2.16. The minimum absolute atomic E-state index is 0.0332. The Morgan fingerprint density at radius 2 is 1.75 bits per heavy atom. The molecule has 0 aromatic rings. The molecule has 0 aromatic carbocycles. The van der Waals surface area contributed by atoms with Crippen molar-refractivity contribution in [2.45, 2.75) is 57.2 Å². The van der Waals surface area contributed by atoms with Crippen LogP contribution in [0.25, 0.3) is 0 Å². The number of ether oxygens (including phenoxy) is 1. The normalized spacial score (nSPS) is 15.4. The Labute approximate surface area is 118 Å². The highest BCUT2D eigenvalue weighted by Gasteiger charge is 2.38. The molecule has 20 heavy (non-hydrogen) atoms. The predicted molar refractivity (Wildman–Crippen MR) is 69.6 cm³/mol. The summed E-state index contributed by atoms with van der Waals surface area (Å²) in [6.07, 6.45) is 2.47. The second-order valence-electron chi connectivity index (χ2n) is 4.76. The van der Waals surface area contributed by atoms with E-state index in [0.29, 0.717) is 6.42 Å². The molecule has 0 aromatic heterocycles. The SMILES string of the molecule is CCCCCCCC(O)(CO)C(=O)OC(=O)C(O)CO. The highest BCUT2D eigenvalue weighted by Crippen LogP contribution is 2.18. The van der Waals surface area contributed by atoms with E-state index < -0.39 is 36.9 Å². The number of esters is 2. The zero-order chi connectivity index (χ0) is 15.6. The molecule has 0 rings (SSSR count). The summed E-state index contributed by atoms with van der Waals surface area (Å²) in [6.45, 7) is 0.294. The fourth-order valence-corrected chi connectivity index (χ4v) is 1.60. The fraction of sp³-hybridized carbons (Fsp3) is 0.846. The molecule has 118 valence electrons. The zero-order valence-corrected chi connectivity index (χ0v) is 11.7. The average Bonchev–Trinajstić information content (AvgIpc) is 2.45. The first-order valence-electron chi connectivity index (χ1n) is 6.79. The van der Waals surface area contributed by atoms with Crippen LogP contribution in [-0.2, 0) is 14.3 Å². The lowest BCUT2D eigenvalue weighted by Crippen LogP contribution is -2.46. The molecule has 0 fully saturated rings. The van der Waals surface area contributed by atoms with Gasteiger partial charge in [0.05, 0.1) is 13.2 Å². The van der Waals surface area contributed by atoms with Crippen LogP contribution in [0.4, 0.5) is 0 Å². The maximum absolute atomic E-state index is 11.6. The molecule has 0 radical (unpaired) electrons. The van der Waals surface area contributed by atoms with Crippen molar-refractivity contribution >= 4 is 11.9 Å². The Bertz CT molecular complexity index is 305. The molecule has 2 unspecified atom stereocenters. The summed E-state index contributed by atoms with van der Waals surface area (Å²) in [5, 5.41) is 36.5. The Hall–Kier alpha value is -1.02. The molecule has 7 heteroatoms. The minimum Gasteiger partial charge on any atom is -0.393 e. The summed E-state index contributed by atoms with van der Waals surface area (Å²) in [6, 6.07) is 0. The van der Waals surface area contributed by atoms with Crippen molar-refractivity contribution in [2.75, 3.05) is 13.2 Å². The molecule has 0 saturated heterocycles. The minimum atomic E-state index is -2.16. The molecule has 0 aliphatic carbocycles. The average molecular weight is 292 g/mol. The van der Waals surface area contributed by atoms with Crippen molar-refractivity contribution in [1.82, 2.24) is 0 Å². The first-order chi connectivity index (χ1) is 9.41. The van der Waals surface area contributed by atoms with E-state index in [9.17, 15) is 14.7 Å². The Kier molecular flexibility index (Phi) is 9.32. The fourth-order valence-electron chi connectivity index (χ4n) is 1.60. The van der Waals surface area contributed by atoms with E-state index in [1.54, 1.807) is 0 Å². The van der Waals surface area contributed by atoms with Crippen LogP contribution in [0, 0.1) is 0 Å². The predicted octanol–water partition coefficient (Wildman–Crippen LogP) is -0.507. The van der Waals surface area contributed by atoms with E-state index in [1.807, 2.05) is 0 Å². The van der Waals surface area contributed by atoms with Crippen LogP contribution in [0.2, 0.25) is 0 Å². The Morgan fingerprint density at radius 1 is 1.15 bits per heavy atom. The number of aliphatic hydroxyl groups excluding tert-OH is 3. The van der Waals surface area contributed by atoms with Gasteiger partial charge in [-0.1, -0.05) is 32.6 Å². The van der Waals surface area contributed by atoms with Gasteiger partial charge < -0.3 is 25.2 Å². The molecule has 0 aliphatic heterocycles. The third-order valence-electron chi connectivity index (χ3n) is 2.97. The van der Waals surface area contributed by atoms with Crippen molar-refractivity contribution in [2.24, 2.45) is 0 Å². The van der Waals surface area contributed by atoms with Gasteiger partial charge in [-0.2, -0.15) is 0 Å². The summed E-state index contributed by atoms with van der Waals surface area (Å²) in [5.74, 6) is -2.66. The van der Waals surface area contributed by atoms with Gasteiger partial charge in [-0.3, -0.25) is 0 Å². The summed E-state index contributed by atoms with van der Waals surface area (Å²) in [7, 11) is 0. The third-order valence-corrected chi connectivity index (χ3v) is 2.97. The molecule has 0 saturated carbocycles. The van der Waals surface area contributed by atoms with Gasteiger partial charge in [0.15, 0.2) is 11.7 Å². The van der Waals surface area contributed by atoms with E-state index in [4.69, 9.17) is 15.3 Å². The number of hydrogen-bond acceptors (Lipinski definition) is 7. The lowest BCUT2D eigenvalue weighted by atomic mass is 9.96. The van der Waals surface area contributed by atoms with E-state index in [0.717, 1.165) is 25.7 Å². The van der Waals surface area contributed by atoms with Gasteiger partial charge in [-0.25, -0.2) is 9.59 Å². The smallest absolute Gasteiger partial charge is 0.348 e. The van der Waals surface area contributed by atoms with Crippen LogP contribution in [0.15, 0.2) is 0 Å². The van der Waals surface area contributed by atoms with Gasteiger partial charge in [-0.05, 0) is 12.8 Å². The topological polar surface area (TPSA) is 124 Å². The van der Waals surface area contributed by atoms with Crippen LogP contribution >= 0.6 is 0 Å². The molecule has 0 heterocycles. The first kappa shape index (κ1) is 19.0. The first-order valence-corrected chi connectivity index (χ1v) is 6.79. The van der Waals surface area contributed by atoms with E-state index >= 15 is 0 Å². The van der Waals surface area contributed by atoms with Gasteiger partial charge in [0.25, 0.3) is 0 Å². The number of hydrogen-bond donors (Lipinski definition) is 4. The lowest BCUT2D eigenvalue weighted by Gasteiger charge is -2.23. The second-order valence-corrected chi connectivity index (χ2v) is 4.76. The van der Waals surface area contributed by atoms with E-state index in [2.05, 4.69) is 11.7 Å². The highest BCUT2D eigenvalue weighted by atomic mass is 16.6. The molecule has 0 aliphatic rings. The van der Waals surface area contributed by atoms with Crippen LogP contribution in [-0.4, -0.2) is 57.3 Å². The molecule has 0 amide bonds. The lowest BCUT2D eigenvalue weighted by molar-refractivity contribution is -0.183. The quantitative estimate of drug-likeness (QED) is 0.243. The maximum Gasteiger partial charge on any atom is 0.348 e. The van der Waals surface area contributed by atoms with Crippen LogP contribution in [0.5, 0.6) is 0 Å². The van der Waals surface area contributed by atoms with Crippen LogP contribution in [0.3, 0.4) is 0 Å². The molecular weight excluding hydrogens is 268 g/mol. The largest absolute Gasteiger partial charge is 0.393 e. The number of rotatable bonds is 10. The second kappa shape index (κ2) is 9.82. The summed E-state index contributed by atoms with van der Waals surface area (Å²) < 4.78 is 4.24. The molecule has 0 spiro atoms. The molecule has 7 nitrogen and oxygen atoms in total. The monoisotopic (exact) mass is 292 g/mol. The Morgan fingerprint density at radius 3 is 2.25 bits per heavy atom. The maximum atomic E-state index is 11.6. The molecule has 2 atom stereocenters. The van der Waals surface area contributed by atoms with Crippen molar-refractivity contribution in [1.29, 1.82) is 0 Å². The van der Waals surface area contributed by atoms with Gasteiger partial charge in [0, 0.05) is 0 Å². The van der Waals surface area contributed by atoms with Gasteiger partial charge in [0.2, 0.25) is 0 Å². The van der Waals surface area contributed by atoms with Crippen LogP contribution in [0.1, 0.15) is 45.4 Å². The van der Waals surface area contributed by atoms with Crippen LogP contribution < -0.4 is 0 Å². The van der Waals surface area contributed by atoms with Gasteiger partial charge in [-0.15, -0.1) is 0 Å². The van der Waals surface area contributed by atoms with Crippen molar-refractivity contribution < 1.29 is 34.8 Å². The van der Waals surface area contributed by atoms with Gasteiger partial charge in [0.1, 0.15) is 0 Å².